The maximum atomic E-state index is 4.65. The lowest BCUT2D eigenvalue weighted by Crippen LogP contribution is -2.02. The first kappa shape index (κ1) is 22.9. The molecule has 0 unspecified atom stereocenters. The lowest BCUT2D eigenvalue weighted by atomic mass is 10.1. The molecule has 6 aromatic rings. The summed E-state index contributed by atoms with van der Waals surface area (Å²) in [7, 11) is 0. The van der Waals surface area contributed by atoms with Gasteiger partial charge in [0.15, 0.2) is 5.65 Å². The third kappa shape index (κ3) is 4.40. The zero-order valence-electron chi connectivity index (χ0n) is 21.1. The van der Waals surface area contributed by atoms with Gasteiger partial charge in [-0.3, -0.25) is 15.1 Å². The molecule has 3 N–H and O–H groups in total. The fraction of sp³-hybridized carbons (Fsp3) is 0.0625. The molecule has 0 bridgehead atoms. The summed E-state index contributed by atoms with van der Waals surface area (Å²) in [6.45, 7) is 4.20. The number of hydrogen-bond acceptors (Lipinski definition) is 5. The van der Waals surface area contributed by atoms with Crippen molar-refractivity contribution in [3.8, 4) is 22.5 Å². The highest BCUT2D eigenvalue weighted by atomic mass is 15.2. The molecule has 5 aromatic heterocycles. The van der Waals surface area contributed by atoms with Crippen molar-refractivity contribution in [2.24, 2.45) is 0 Å². The van der Waals surface area contributed by atoms with Crippen molar-refractivity contribution in [1.82, 2.24) is 30.1 Å². The predicted octanol–water partition coefficient (Wildman–Crippen LogP) is 7.07. The molecule has 0 saturated carbocycles. The molecule has 7 heteroatoms. The summed E-state index contributed by atoms with van der Waals surface area (Å²) in [6.07, 6.45) is 15.5. The second-order valence-electron chi connectivity index (χ2n) is 9.65. The number of nitrogens with one attached hydrogen (secondary N) is 3. The van der Waals surface area contributed by atoms with E-state index in [-0.39, 0.29) is 0 Å². The van der Waals surface area contributed by atoms with E-state index >= 15 is 0 Å². The number of pyridine rings is 3. The molecule has 0 atom stereocenters. The van der Waals surface area contributed by atoms with E-state index in [4.69, 9.17) is 0 Å². The van der Waals surface area contributed by atoms with Crippen molar-refractivity contribution in [3.05, 3.63) is 121 Å². The van der Waals surface area contributed by atoms with Crippen LogP contribution in [-0.2, 0) is 6.42 Å². The number of aromatic amines is 2. The van der Waals surface area contributed by atoms with E-state index in [1.54, 1.807) is 6.20 Å². The lowest BCUT2D eigenvalue weighted by Gasteiger charge is -2.11. The van der Waals surface area contributed by atoms with Crippen LogP contribution in [0.3, 0.4) is 0 Å². The fourth-order valence-electron chi connectivity index (χ4n) is 5.07. The van der Waals surface area contributed by atoms with Crippen LogP contribution in [0.5, 0.6) is 0 Å². The maximum Gasteiger partial charge on any atom is 0.181 e. The van der Waals surface area contributed by atoms with Gasteiger partial charge in [0.05, 0.1) is 29.0 Å². The Kier molecular flexibility index (Phi) is 5.59. The van der Waals surface area contributed by atoms with Crippen LogP contribution in [0.2, 0.25) is 0 Å². The Morgan fingerprint density at radius 1 is 0.949 bits per heavy atom. The summed E-state index contributed by atoms with van der Waals surface area (Å²) in [5.74, 6) is 0. The molecule has 0 aliphatic heterocycles. The quantitative estimate of drug-likeness (QED) is 0.215. The van der Waals surface area contributed by atoms with Crippen LogP contribution >= 0.6 is 0 Å². The average molecular weight is 508 g/mol. The van der Waals surface area contributed by atoms with Crippen molar-refractivity contribution >= 4 is 33.2 Å². The number of aromatic nitrogens is 6. The van der Waals surface area contributed by atoms with Gasteiger partial charge in [0.2, 0.25) is 0 Å². The largest absolute Gasteiger partial charge is 0.358 e. The average Bonchev–Trinajstić information content (AvgIpc) is 3.73. The molecule has 39 heavy (non-hydrogen) atoms. The van der Waals surface area contributed by atoms with Gasteiger partial charge in [0, 0.05) is 58.1 Å². The molecule has 1 aromatic carbocycles. The third-order valence-electron chi connectivity index (χ3n) is 6.92. The van der Waals surface area contributed by atoms with E-state index in [9.17, 15) is 0 Å². The SMILES string of the molecule is C=C(Cc1ccccc1)Nc1cncc(-c2cnc3n[nH]c(-c4cc5c(C6=CCC=C6)nccc5[nH]4)c3c2)c1. The van der Waals surface area contributed by atoms with Gasteiger partial charge in [-0.05, 0) is 41.8 Å². The molecule has 0 saturated heterocycles. The van der Waals surface area contributed by atoms with Gasteiger partial charge in [0.1, 0.15) is 0 Å². The normalized spacial score (nSPS) is 12.8. The molecule has 0 spiro atoms. The van der Waals surface area contributed by atoms with Crippen LogP contribution in [0.4, 0.5) is 5.69 Å². The molecular formula is C32H25N7. The van der Waals surface area contributed by atoms with Crippen LogP contribution in [0, 0.1) is 0 Å². The highest BCUT2D eigenvalue weighted by molar-refractivity contribution is 5.99. The van der Waals surface area contributed by atoms with Gasteiger partial charge in [0.25, 0.3) is 0 Å². The number of hydrogen-bond donors (Lipinski definition) is 3. The summed E-state index contributed by atoms with van der Waals surface area (Å²) in [6, 6.07) is 18.6. The standard InChI is InChI=1S/C32H25N7/c1-20(13-21-7-3-2-4-8-21)36-25-14-23(17-33-19-25)24-15-27-31(38-39-32(27)35-18-24)29-16-26-28(37-29)11-12-34-30(26)22-9-5-6-10-22/h2-5,7-12,14-19,36-37H,1,6,13H2,(H,35,38,39). The van der Waals surface area contributed by atoms with Crippen LogP contribution in [0.1, 0.15) is 17.7 Å². The van der Waals surface area contributed by atoms with Crippen molar-refractivity contribution < 1.29 is 0 Å². The van der Waals surface area contributed by atoms with Crippen LogP contribution in [0.25, 0.3) is 50.0 Å². The smallest absolute Gasteiger partial charge is 0.181 e. The fourth-order valence-corrected chi connectivity index (χ4v) is 5.07. The number of nitrogens with zero attached hydrogens (tertiary/aromatic N) is 4. The van der Waals surface area contributed by atoms with Gasteiger partial charge >= 0.3 is 0 Å². The Morgan fingerprint density at radius 3 is 2.72 bits per heavy atom. The summed E-state index contributed by atoms with van der Waals surface area (Å²) in [4.78, 5) is 17.3. The summed E-state index contributed by atoms with van der Waals surface area (Å²) >= 11 is 0. The molecular weight excluding hydrogens is 482 g/mol. The number of fused-ring (bicyclic) bond motifs is 2. The van der Waals surface area contributed by atoms with E-state index in [1.165, 1.54) is 5.56 Å². The van der Waals surface area contributed by atoms with E-state index < -0.39 is 0 Å². The predicted molar refractivity (Wildman–Crippen MR) is 157 cm³/mol. The first-order chi connectivity index (χ1) is 19.2. The van der Waals surface area contributed by atoms with Crippen LogP contribution < -0.4 is 5.32 Å². The minimum atomic E-state index is 0.658. The summed E-state index contributed by atoms with van der Waals surface area (Å²) in [5, 5.41) is 13.1. The molecule has 5 heterocycles. The number of allylic oxidation sites excluding steroid dienone is 5. The molecule has 7 rings (SSSR count). The van der Waals surface area contributed by atoms with E-state index in [1.807, 2.05) is 42.9 Å². The Bertz CT molecular complexity index is 1910. The van der Waals surface area contributed by atoms with Crippen molar-refractivity contribution in [2.75, 3.05) is 5.32 Å². The van der Waals surface area contributed by atoms with Crippen LogP contribution in [0.15, 0.2) is 110 Å². The molecule has 0 amide bonds. The second-order valence-corrected chi connectivity index (χ2v) is 9.65. The van der Waals surface area contributed by atoms with Gasteiger partial charge < -0.3 is 10.3 Å². The molecule has 7 nitrogen and oxygen atoms in total. The third-order valence-corrected chi connectivity index (χ3v) is 6.92. The molecule has 0 fully saturated rings. The van der Waals surface area contributed by atoms with Crippen molar-refractivity contribution in [1.29, 1.82) is 0 Å². The summed E-state index contributed by atoms with van der Waals surface area (Å²) < 4.78 is 0. The zero-order chi connectivity index (χ0) is 26.2. The Morgan fingerprint density at radius 2 is 1.85 bits per heavy atom. The lowest BCUT2D eigenvalue weighted by molar-refractivity contribution is 1.10. The molecule has 0 radical (unpaired) electrons. The first-order valence-electron chi connectivity index (χ1n) is 12.8. The van der Waals surface area contributed by atoms with E-state index in [0.717, 1.165) is 74.3 Å². The van der Waals surface area contributed by atoms with Crippen molar-refractivity contribution in [2.45, 2.75) is 12.8 Å². The minimum absolute atomic E-state index is 0.658. The minimum Gasteiger partial charge on any atom is -0.358 e. The maximum absolute atomic E-state index is 4.65. The van der Waals surface area contributed by atoms with E-state index in [2.05, 4.69) is 90.6 Å². The Hall–Kier alpha value is -5.30. The first-order valence-corrected chi connectivity index (χ1v) is 12.8. The van der Waals surface area contributed by atoms with Gasteiger partial charge in [-0.1, -0.05) is 55.1 Å². The second kappa shape index (κ2) is 9.54. The van der Waals surface area contributed by atoms with Gasteiger partial charge in [-0.2, -0.15) is 5.10 Å². The summed E-state index contributed by atoms with van der Waals surface area (Å²) in [5.41, 5.74) is 10.5. The molecule has 1 aliphatic rings. The zero-order valence-corrected chi connectivity index (χ0v) is 21.1. The Balaban J connectivity index is 1.21. The molecule has 1 aliphatic carbocycles. The number of anilines is 1. The molecule has 188 valence electrons. The highest BCUT2D eigenvalue weighted by Crippen LogP contribution is 2.34. The number of H-pyrrole nitrogens is 2. The monoisotopic (exact) mass is 507 g/mol. The topological polar surface area (TPSA) is 95.2 Å². The van der Waals surface area contributed by atoms with Gasteiger partial charge in [-0.25, -0.2) is 4.98 Å². The highest BCUT2D eigenvalue weighted by Gasteiger charge is 2.16. The number of rotatable bonds is 7. The van der Waals surface area contributed by atoms with E-state index in [0.29, 0.717) is 5.65 Å². The Labute approximate surface area is 225 Å². The van der Waals surface area contributed by atoms with Crippen LogP contribution in [-0.4, -0.2) is 30.1 Å². The number of benzene rings is 1. The van der Waals surface area contributed by atoms with Crippen molar-refractivity contribution in [3.63, 3.8) is 0 Å². The van der Waals surface area contributed by atoms with Gasteiger partial charge in [-0.15, -0.1) is 0 Å².